The van der Waals surface area contributed by atoms with E-state index in [2.05, 4.69) is 73.3 Å². The Hall–Kier alpha value is -2.52. The van der Waals surface area contributed by atoms with Gasteiger partial charge in [-0.25, -0.2) is 0 Å². The van der Waals surface area contributed by atoms with E-state index in [1.54, 1.807) is 0 Å². The predicted octanol–water partition coefficient (Wildman–Crippen LogP) is 5.91. The van der Waals surface area contributed by atoms with Crippen molar-refractivity contribution in [3.8, 4) is 0 Å². The number of thioether (sulfide) groups is 1. The lowest BCUT2D eigenvalue weighted by molar-refractivity contribution is -0.131. The summed E-state index contributed by atoms with van der Waals surface area (Å²) in [7, 11) is 0. The third-order valence-electron chi connectivity index (χ3n) is 6.06. The summed E-state index contributed by atoms with van der Waals surface area (Å²) in [5.74, 6) is 0.0551. The van der Waals surface area contributed by atoms with Crippen molar-refractivity contribution < 1.29 is 4.79 Å². The van der Waals surface area contributed by atoms with Crippen molar-refractivity contribution in [1.29, 1.82) is 0 Å². The first-order valence-corrected chi connectivity index (χ1v) is 10.7. The van der Waals surface area contributed by atoms with Crippen molar-refractivity contribution in [2.75, 3.05) is 4.90 Å². The topological polar surface area (TPSA) is 20.3 Å². The van der Waals surface area contributed by atoms with E-state index >= 15 is 0 Å². The third kappa shape index (κ3) is 2.46. The molecule has 0 saturated carbocycles. The van der Waals surface area contributed by atoms with E-state index in [0.717, 1.165) is 17.7 Å². The summed E-state index contributed by atoms with van der Waals surface area (Å²) in [5.41, 5.74) is 4.29. The fourth-order valence-electron chi connectivity index (χ4n) is 4.89. The molecule has 2 aliphatic rings. The number of amides is 1. The highest BCUT2D eigenvalue weighted by Crippen LogP contribution is 2.60. The quantitative estimate of drug-likeness (QED) is 0.512. The van der Waals surface area contributed by atoms with Crippen molar-refractivity contribution in [2.45, 2.75) is 41.9 Å². The number of carbonyl (C=O) groups excluding carboxylic acids is 1. The molecular formula is C25H23NOS. The zero-order chi connectivity index (χ0) is 19.3. The van der Waals surface area contributed by atoms with Crippen molar-refractivity contribution in [2.24, 2.45) is 0 Å². The van der Waals surface area contributed by atoms with Gasteiger partial charge in [0.15, 0.2) is 0 Å². The van der Waals surface area contributed by atoms with Crippen LogP contribution in [0.25, 0.3) is 0 Å². The number of β-lactam (4-membered cyclic amide) rings is 1. The largest absolute Gasteiger partial charge is 0.299 e. The Morgan fingerprint density at radius 3 is 2.36 bits per heavy atom. The van der Waals surface area contributed by atoms with Gasteiger partial charge in [-0.1, -0.05) is 79.2 Å². The van der Waals surface area contributed by atoms with Gasteiger partial charge in [0.2, 0.25) is 5.91 Å². The molecule has 3 aromatic carbocycles. The molecule has 3 heteroatoms. The van der Waals surface area contributed by atoms with Crippen LogP contribution in [-0.4, -0.2) is 11.2 Å². The molecule has 28 heavy (non-hydrogen) atoms. The number of carbonyl (C=O) groups is 1. The Balaban J connectivity index is 1.76. The second-order valence-corrected chi connectivity index (χ2v) is 9.39. The second-order valence-electron chi connectivity index (χ2n) is 7.91. The van der Waals surface area contributed by atoms with E-state index in [4.69, 9.17) is 0 Å². The maximum absolute atomic E-state index is 13.6. The van der Waals surface area contributed by atoms with Gasteiger partial charge in [0.05, 0.1) is 17.1 Å². The Bertz CT molecular complexity index is 1030. The Labute approximate surface area is 170 Å². The lowest BCUT2D eigenvalue weighted by atomic mass is 9.63. The number of nitrogens with zero attached hydrogens (tertiary/aromatic N) is 1. The standard InChI is InChI=1S/C25H23NOS/c1-17-12-14-20(15-13-17)25-16-18(2)28-22-11-7-6-10-21(22)26(25)24(27)23(25)19-8-4-3-5-9-19/h3-15,18,23H,16H2,1-2H3/t18-,23+,25+/m1/s1. The van der Waals surface area contributed by atoms with Gasteiger partial charge in [-0.2, -0.15) is 0 Å². The van der Waals surface area contributed by atoms with E-state index < -0.39 is 0 Å². The average Bonchev–Trinajstić information content (AvgIpc) is 2.81. The number of anilines is 1. The van der Waals surface area contributed by atoms with Crippen LogP contribution >= 0.6 is 11.8 Å². The van der Waals surface area contributed by atoms with Crippen LogP contribution in [0.15, 0.2) is 83.8 Å². The van der Waals surface area contributed by atoms with Gasteiger partial charge in [0.1, 0.15) is 0 Å². The van der Waals surface area contributed by atoms with E-state index in [-0.39, 0.29) is 17.4 Å². The van der Waals surface area contributed by atoms with Crippen LogP contribution in [0.5, 0.6) is 0 Å². The first kappa shape index (κ1) is 17.6. The molecule has 0 aliphatic carbocycles. The fourth-order valence-corrected chi connectivity index (χ4v) is 6.10. The fraction of sp³-hybridized carbons (Fsp3) is 0.240. The number of para-hydroxylation sites is 1. The first-order valence-electron chi connectivity index (χ1n) is 9.83. The van der Waals surface area contributed by atoms with Crippen LogP contribution in [0.4, 0.5) is 5.69 Å². The van der Waals surface area contributed by atoms with Crippen LogP contribution in [-0.2, 0) is 10.3 Å². The molecule has 1 amide bonds. The van der Waals surface area contributed by atoms with E-state index in [0.29, 0.717) is 5.25 Å². The van der Waals surface area contributed by atoms with Crippen LogP contribution in [0, 0.1) is 6.92 Å². The highest BCUT2D eigenvalue weighted by molar-refractivity contribution is 8.00. The number of hydrogen-bond acceptors (Lipinski definition) is 2. The highest BCUT2D eigenvalue weighted by atomic mass is 32.2. The van der Waals surface area contributed by atoms with Gasteiger partial charge in [0, 0.05) is 10.1 Å². The maximum Gasteiger partial charge on any atom is 0.238 e. The Kier molecular flexibility index (Phi) is 4.09. The molecule has 1 fully saturated rings. The minimum absolute atomic E-state index is 0.148. The molecule has 140 valence electrons. The summed E-state index contributed by atoms with van der Waals surface area (Å²) in [4.78, 5) is 16.9. The van der Waals surface area contributed by atoms with E-state index in [1.807, 2.05) is 36.0 Å². The number of hydrogen-bond donors (Lipinski definition) is 0. The molecule has 0 aromatic heterocycles. The van der Waals surface area contributed by atoms with Crippen LogP contribution in [0.3, 0.4) is 0 Å². The molecule has 2 heterocycles. The van der Waals surface area contributed by atoms with Gasteiger partial charge >= 0.3 is 0 Å². The third-order valence-corrected chi connectivity index (χ3v) is 7.23. The molecule has 0 N–H and O–H groups in total. The van der Waals surface area contributed by atoms with Crippen molar-refractivity contribution in [3.63, 3.8) is 0 Å². The number of rotatable bonds is 2. The molecule has 0 spiro atoms. The highest BCUT2D eigenvalue weighted by Gasteiger charge is 2.63. The maximum atomic E-state index is 13.6. The predicted molar refractivity (Wildman–Crippen MR) is 116 cm³/mol. The minimum atomic E-state index is -0.342. The normalized spacial score (nSPS) is 26.1. The number of fused-ring (bicyclic) bond motifs is 3. The second kappa shape index (κ2) is 6.52. The summed E-state index contributed by atoms with van der Waals surface area (Å²) >= 11 is 1.88. The van der Waals surface area contributed by atoms with Crippen molar-refractivity contribution in [1.82, 2.24) is 0 Å². The van der Waals surface area contributed by atoms with Gasteiger partial charge in [-0.3, -0.25) is 9.69 Å². The molecule has 3 atom stereocenters. The lowest BCUT2D eigenvalue weighted by Crippen LogP contribution is -2.68. The van der Waals surface area contributed by atoms with Gasteiger partial charge in [-0.05, 0) is 36.6 Å². The summed E-state index contributed by atoms with van der Waals surface area (Å²) in [6.07, 6.45) is 0.931. The van der Waals surface area contributed by atoms with Crippen LogP contribution in [0.1, 0.15) is 36.0 Å². The Morgan fingerprint density at radius 2 is 1.61 bits per heavy atom. The van der Waals surface area contributed by atoms with Gasteiger partial charge in [-0.15, -0.1) is 11.8 Å². The lowest BCUT2D eigenvalue weighted by Gasteiger charge is -2.58. The molecule has 0 bridgehead atoms. The molecule has 1 saturated heterocycles. The zero-order valence-electron chi connectivity index (χ0n) is 16.1. The molecule has 0 radical (unpaired) electrons. The zero-order valence-corrected chi connectivity index (χ0v) is 16.9. The van der Waals surface area contributed by atoms with Crippen molar-refractivity contribution in [3.05, 3.63) is 95.6 Å². The molecular weight excluding hydrogens is 362 g/mol. The summed E-state index contributed by atoms with van der Waals surface area (Å²) in [5, 5.41) is 0.409. The van der Waals surface area contributed by atoms with Crippen LogP contribution in [0.2, 0.25) is 0 Å². The van der Waals surface area contributed by atoms with Crippen molar-refractivity contribution >= 4 is 23.4 Å². The van der Waals surface area contributed by atoms with Crippen LogP contribution < -0.4 is 4.90 Å². The number of benzene rings is 3. The summed E-state index contributed by atoms with van der Waals surface area (Å²) in [6, 6.07) is 27.4. The summed E-state index contributed by atoms with van der Waals surface area (Å²) in [6.45, 7) is 4.40. The number of aryl methyl sites for hydroxylation is 1. The minimum Gasteiger partial charge on any atom is -0.299 e. The molecule has 5 rings (SSSR count). The Morgan fingerprint density at radius 1 is 0.929 bits per heavy atom. The van der Waals surface area contributed by atoms with Gasteiger partial charge < -0.3 is 0 Å². The molecule has 2 nitrogen and oxygen atoms in total. The summed E-state index contributed by atoms with van der Waals surface area (Å²) < 4.78 is 0. The van der Waals surface area contributed by atoms with E-state index in [9.17, 15) is 4.79 Å². The first-order chi connectivity index (χ1) is 13.6. The average molecular weight is 386 g/mol. The molecule has 3 aromatic rings. The van der Waals surface area contributed by atoms with Gasteiger partial charge in [0.25, 0.3) is 0 Å². The SMILES string of the molecule is Cc1ccc([C@]23C[C@@H](C)Sc4ccccc4N2C(=O)[C@@H]3c2ccccc2)cc1. The molecule has 0 unspecified atom stereocenters. The monoisotopic (exact) mass is 385 g/mol. The van der Waals surface area contributed by atoms with E-state index in [1.165, 1.54) is 16.0 Å². The molecule has 2 aliphatic heterocycles. The smallest absolute Gasteiger partial charge is 0.238 e.